The molecular weight excluding hydrogens is 419 g/mol. The first-order valence-electron chi connectivity index (χ1n) is 11.0. The lowest BCUT2D eigenvalue weighted by molar-refractivity contribution is 0.147. The van der Waals surface area contributed by atoms with E-state index in [1.807, 2.05) is 54.1 Å². The van der Waals surface area contributed by atoms with E-state index in [4.69, 9.17) is 9.84 Å². The smallest absolute Gasteiger partial charge is 0.186 e. The van der Waals surface area contributed by atoms with Crippen LogP contribution in [0, 0.1) is 12.7 Å². The van der Waals surface area contributed by atoms with E-state index < -0.39 is 5.82 Å². The summed E-state index contributed by atoms with van der Waals surface area (Å²) >= 11 is 0. The number of benzene rings is 1. The average Bonchev–Trinajstić information content (AvgIpc) is 3.20. The first-order valence-corrected chi connectivity index (χ1v) is 11.0. The lowest BCUT2D eigenvalue weighted by Gasteiger charge is -2.10. The van der Waals surface area contributed by atoms with Crippen LogP contribution in [0.1, 0.15) is 30.2 Å². The minimum Gasteiger partial charge on any atom is -0.382 e. The second-order valence-electron chi connectivity index (χ2n) is 7.56. The molecule has 4 aromatic rings. The number of anilines is 1. The normalized spacial score (nSPS) is 11.1. The number of halogens is 1. The fraction of sp³-hybridized carbons (Fsp3) is 0.280. The van der Waals surface area contributed by atoms with Gasteiger partial charge in [-0.15, -0.1) is 0 Å². The van der Waals surface area contributed by atoms with Gasteiger partial charge in [-0.1, -0.05) is 36.9 Å². The molecule has 0 radical (unpaired) electrons. The van der Waals surface area contributed by atoms with Crippen LogP contribution in [0.25, 0.3) is 28.6 Å². The molecule has 7 nitrogen and oxygen atoms in total. The van der Waals surface area contributed by atoms with Gasteiger partial charge in [0.05, 0.1) is 17.6 Å². The van der Waals surface area contributed by atoms with Gasteiger partial charge in [-0.05, 0) is 43.5 Å². The van der Waals surface area contributed by atoms with E-state index in [1.54, 1.807) is 13.1 Å². The van der Waals surface area contributed by atoms with E-state index in [1.165, 1.54) is 0 Å². The van der Waals surface area contributed by atoms with Gasteiger partial charge in [0, 0.05) is 26.0 Å². The zero-order valence-electron chi connectivity index (χ0n) is 18.9. The summed E-state index contributed by atoms with van der Waals surface area (Å²) in [5.41, 5.74) is 3.64. The van der Waals surface area contributed by atoms with Crippen molar-refractivity contribution in [2.24, 2.45) is 0 Å². The first-order chi connectivity index (χ1) is 16.1. The minimum atomic E-state index is -0.461. The highest BCUT2D eigenvalue weighted by atomic mass is 19.1. The van der Waals surface area contributed by atoms with E-state index in [-0.39, 0.29) is 11.5 Å². The molecule has 0 bridgehead atoms. The first kappa shape index (κ1) is 22.5. The molecule has 0 aliphatic rings. The Morgan fingerprint density at radius 1 is 1.18 bits per heavy atom. The van der Waals surface area contributed by atoms with Crippen molar-refractivity contribution < 1.29 is 9.13 Å². The van der Waals surface area contributed by atoms with E-state index in [2.05, 4.69) is 26.8 Å². The highest BCUT2D eigenvalue weighted by Gasteiger charge is 2.19. The van der Waals surface area contributed by atoms with Gasteiger partial charge in [0.1, 0.15) is 5.69 Å². The van der Waals surface area contributed by atoms with Crippen LogP contribution in [-0.2, 0) is 11.3 Å². The Kier molecular flexibility index (Phi) is 7.04. The Labute approximate surface area is 192 Å². The Balaban J connectivity index is 1.71. The molecule has 3 aromatic heterocycles. The van der Waals surface area contributed by atoms with Crippen LogP contribution in [-0.4, -0.2) is 44.5 Å². The molecule has 1 aromatic carbocycles. The SMILES string of the molecule is C=Cc1ccccc1Cn1nc(-c2nc(C)c(F)c(NCCCOCC)n2)c2cccnc21. The van der Waals surface area contributed by atoms with Crippen molar-refractivity contribution in [1.29, 1.82) is 0 Å². The van der Waals surface area contributed by atoms with E-state index in [9.17, 15) is 4.39 Å². The number of aryl methyl sites for hydroxylation is 1. The molecule has 0 spiro atoms. The monoisotopic (exact) mass is 446 g/mol. The Hall–Kier alpha value is -3.65. The van der Waals surface area contributed by atoms with Crippen LogP contribution >= 0.6 is 0 Å². The minimum absolute atomic E-state index is 0.164. The number of fused-ring (bicyclic) bond motifs is 1. The van der Waals surface area contributed by atoms with Gasteiger partial charge in [0.25, 0.3) is 0 Å². The van der Waals surface area contributed by atoms with Crippen LogP contribution in [0.3, 0.4) is 0 Å². The van der Waals surface area contributed by atoms with Crippen molar-refractivity contribution in [1.82, 2.24) is 24.7 Å². The highest BCUT2D eigenvalue weighted by Crippen LogP contribution is 2.27. The zero-order chi connectivity index (χ0) is 23.2. The highest BCUT2D eigenvalue weighted by molar-refractivity contribution is 5.89. The van der Waals surface area contributed by atoms with Crippen LogP contribution in [0.15, 0.2) is 49.2 Å². The van der Waals surface area contributed by atoms with Gasteiger partial charge < -0.3 is 10.1 Å². The summed E-state index contributed by atoms with van der Waals surface area (Å²) in [7, 11) is 0. The number of nitrogens with zero attached hydrogens (tertiary/aromatic N) is 5. The fourth-order valence-corrected chi connectivity index (χ4v) is 3.63. The maximum Gasteiger partial charge on any atom is 0.186 e. The van der Waals surface area contributed by atoms with Crippen molar-refractivity contribution >= 4 is 22.9 Å². The third-order valence-corrected chi connectivity index (χ3v) is 5.29. The average molecular weight is 447 g/mol. The molecule has 33 heavy (non-hydrogen) atoms. The number of hydrogen-bond acceptors (Lipinski definition) is 6. The predicted molar refractivity (Wildman–Crippen MR) is 128 cm³/mol. The molecule has 3 heterocycles. The summed E-state index contributed by atoms with van der Waals surface area (Å²) in [6.45, 7) is 9.80. The molecule has 0 saturated carbocycles. The number of pyridine rings is 1. The van der Waals surface area contributed by atoms with Gasteiger partial charge in [0.2, 0.25) is 0 Å². The zero-order valence-corrected chi connectivity index (χ0v) is 18.9. The van der Waals surface area contributed by atoms with Crippen molar-refractivity contribution in [2.45, 2.75) is 26.8 Å². The summed E-state index contributed by atoms with van der Waals surface area (Å²) < 4.78 is 21.9. The van der Waals surface area contributed by atoms with Gasteiger partial charge in [-0.2, -0.15) is 5.10 Å². The molecule has 8 heteroatoms. The molecule has 0 fully saturated rings. The van der Waals surface area contributed by atoms with E-state index in [0.29, 0.717) is 43.5 Å². The molecular formula is C25H27FN6O. The van der Waals surface area contributed by atoms with Crippen molar-refractivity contribution in [3.8, 4) is 11.5 Å². The third kappa shape index (κ3) is 4.90. The quantitative estimate of drug-likeness (QED) is 0.350. The maximum atomic E-state index is 14.7. The molecule has 0 saturated heterocycles. The maximum absolute atomic E-state index is 14.7. The van der Waals surface area contributed by atoms with Gasteiger partial charge in [-0.25, -0.2) is 24.0 Å². The van der Waals surface area contributed by atoms with Crippen LogP contribution in [0.4, 0.5) is 10.2 Å². The van der Waals surface area contributed by atoms with Crippen LogP contribution in [0.2, 0.25) is 0 Å². The van der Waals surface area contributed by atoms with Gasteiger partial charge in [-0.3, -0.25) is 0 Å². The van der Waals surface area contributed by atoms with Crippen molar-refractivity contribution in [3.05, 3.63) is 71.8 Å². The number of rotatable bonds is 10. The lowest BCUT2D eigenvalue weighted by atomic mass is 10.1. The molecule has 1 N–H and O–H groups in total. The molecule has 0 atom stereocenters. The topological polar surface area (TPSA) is 77.8 Å². The largest absolute Gasteiger partial charge is 0.382 e. The Morgan fingerprint density at radius 2 is 2.03 bits per heavy atom. The molecule has 0 unspecified atom stereocenters. The van der Waals surface area contributed by atoms with Crippen LogP contribution < -0.4 is 5.32 Å². The van der Waals surface area contributed by atoms with Crippen molar-refractivity contribution in [3.63, 3.8) is 0 Å². The molecule has 0 aliphatic carbocycles. The second kappa shape index (κ2) is 10.3. The standard InChI is InChI=1S/C25H27FN6O/c1-4-18-10-6-7-11-19(18)16-32-25-20(12-8-13-28-25)22(31-32)24-29-17(3)21(26)23(30-24)27-14-9-15-33-5-2/h4,6-8,10-13H,1,5,9,14-16H2,2-3H3,(H,27,29,30). The predicted octanol–water partition coefficient (Wildman–Crippen LogP) is 4.87. The lowest BCUT2D eigenvalue weighted by Crippen LogP contribution is -2.11. The molecule has 0 aliphatic heterocycles. The summed E-state index contributed by atoms with van der Waals surface area (Å²) in [4.78, 5) is 13.4. The molecule has 4 rings (SSSR count). The van der Waals surface area contributed by atoms with Crippen LogP contribution in [0.5, 0.6) is 0 Å². The summed E-state index contributed by atoms with van der Waals surface area (Å²) in [5.74, 6) is 0.0597. The van der Waals surface area contributed by atoms with Gasteiger partial charge >= 0.3 is 0 Å². The number of hydrogen-bond donors (Lipinski definition) is 1. The molecule has 0 amide bonds. The third-order valence-electron chi connectivity index (χ3n) is 5.29. The summed E-state index contributed by atoms with van der Waals surface area (Å²) in [5, 5.41) is 8.66. The van der Waals surface area contributed by atoms with Crippen molar-refractivity contribution in [2.75, 3.05) is 25.1 Å². The Bertz CT molecular complexity index is 1270. The van der Waals surface area contributed by atoms with E-state index in [0.717, 1.165) is 22.9 Å². The Morgan fingerprint density at radius 3 is 2.85 bits per heavy atom. The fourth-order valence-electron chi connectivity index (χ4n) is 3.63. The summed E-state index contributed by atoms with van der Waals surface area (Å²) in [6, 6.07) is 11.8. The molecule has 170 valence electrons. The van der Waals surface area contributed by atoms with Gasteiger partial charge in [0.15, 0.2) is 23.1 Å². The summed E-state index contributed by atoms with van der Waals surface area (Å²) in [6.07, 6.45) is 4.30. The second-order valence-corrected chi connectivity index (χ2v) is 7.56. The van der Waals surface area contributed by atoms with E-state index >= 15 is 0 Å². The number of ether oxygens (including phenoxy) is 1. The number of aromatic nitrogens is 5. The number of nitrogens with one attached hydrogen (secondary N) is 1.